The number of aliphatic hydroxyl groups is 2. The van der Waals surface area contributed by atoms with E-state index in [9.17, 15) is 19.8 Å². The van der Waals surface area contributed by atoms with Crippen LogP contribution in [-0.2, 0) is 23.8 Å². The van der Waals surface area contributed by atoms with E-state index in [0.717, 1.165) is 30.0 Å². The Morgan fingerprint density at radius 3 is 2.62 bits per heavy atom. The molecule has 2 N–H and O–H groups in total. The van der Waals surface area contributed by atoms with Gasteiger partial charge in [-0.25, -0.2) is 4.98 Å². The zero-order chi connectivity index (χ0) is 27.0. The molecule has 37 heavy (non-hydrogen) atoms. The molecule has 3 aliphatic rings. The molecule has 3 aliphatic heterocycles. The van der Waals surface area contributed by atoms with Gasteiger partial charge >= 0.3 is 5.97 Å². The van der Waals surface area contributed by atoms with Gasteiger partial charge in [0.25, 0.3) is 0 Å². The number of ether oxygens (including phenoxy) is 3. The third-order valence-electron chi connectivity index (χ3n) is 8.29. The third-order valence-corrected chi connectivity index (χ3v) is 9.09. The van der Waals surface area contributed by atoms with Gasteiger partial charge in [-0.2, -0.15) is 0 Å². The van der Waals surface area contributed by atoms with E-state index in [1.807, 2.05) is 31.4 Å². The smallest absolute Gasteiger partial charge is 0.309 e. The van der Waals surface area contributed by atoms with E-state index in [1.165, 1.54) is 0 Å². The van der Waals surface area contributed by atoms with E-state index in [0.29, 0.717) is 19.4 Å². The lowest BCUT2D eigenvalue weighted by Crippen LogP contribution is -2.47. The van der Waals surface area contributed by atoms with Crippen molar-refractivity contribution in [1.29, 1.82) is 0 Å². The Hall–Kier alpha value is -1.65. The Bertz CT molecular complexity index is 1000. The number of ketones is 1. The second-order valence-electron chi connectivity index (χ2n) is 11.8. The van der Waals surface area contributed by atoms with Gasteiger partial charge in [0, 0.05) is 17.7 Å². The van der Waals surface area contributed by atoms with Crippen molar-refractivity contribution in [2.24, 2.45) is 17.3 Å². The Morgan fingerprint density at radius 2 is 1.97 bits per heavy atom. The molecule has 4 heterocycles. The molecule has 3 saturated heterocycles. The van der Waals surface area contributed by atoms with Crippen molar-refractivity contribution in [3.8, 4) is 0 Å². The van der Waals surface area contributed by atoms with Crippen molar-refractivity contribution in [1.82, 2.24) is 4.98 Å². The fraction of sp³-hybridized carbons (Fsp3) is 0.750. The molecule has 0 aliphatic carbocycles. The van der Waals surface area contributed by atoms with E-state index < -0.39 is 35.6 Å². The van der Waals surface area contributed by atoms with Crippen molar-refractivity contribution in [3.63, 3.8) is 0 Å². The number of Topliss-reactive ketones (excluding diaryl/α,β-unsaturated/α-hetero) is 1. The fourth-order valence-corrected chi connectivity index (χ4v) is 5.93. The van der Waals surface area contributed by atoms with Crippen molar-refractivity contribution in [2.75, 3.05) is 6.61 Å². The molecule has 1 aromatic rings. The Labute approximate surface area is 223 Å². The molecule has 0 amide bonds. The maximum atomic E-state index is 13.7. The molecule has 9 heteroatoms. The van der Waals surface area contributed by atoms with Crippen molar-refractivity contribution < 1.29 is 34.0 Å². The number of hydrogen-bond donors (Lipinski definition) is 2. The molecule has 8 unspecified atom stereocenters. The van der Waals surface area contributed by atoms with E-state index in [4.69, 9.17) is 14.2 Å². The van der Waals surface area contributed by atoms with Crippen molar-refractivity contribution in [3.05, 3.63) is 22.2 Å². The van der Waals surface area contributed by atoms with Crippen LogP contribution in [0.15, 0.2) is 11.5 Å². The molecule has 8 atom stereocenters. The molecule has 4 rings (SSSR count). The van der Waals surface area contributed by atoms with Crippen LogP contribution in [0.25, 0.3) is 6.08 Å². The molecular weight excluding hydrogens is 494 g/mol. The number of hydrogen-bond acceptors (Lipinski definition) is 9. The number of rotatable bonds is 4. The first-order valence-electron chi connectivity index (χ1n) is 13.4. The van der Waals surface area contributed by atoms with Gasteiger partial charge in [0.2, 0.25) is 0 Å². The van der Waals surface area contributed by atoms with Crippen molar-refractivity contribution >= 4 is 29.2 Å². The first kappa shape index (κ1) is 28.4. The third kappa shape index (κ3) is 7.06. The SMILES string of the molecule is Cc1nc(C=CC2CC3OC3(C)CCCC(C)C(O)C(CC3CO3)C(=O)C(C)(C)C(O)CC(=O)O2)cs1. The number of carbonyl (C=O) groups excluding carboxylic acids is 2. The fourth-order valence-electron chi connectivity index (χ4n) is 5.35. The minimum absolute atomic E-state index is 0.0483. The van der Waals surface area contributed by atoms with Gasteiger partial charge in [0.05, 0.1) is 59.2 Å². The topological polar surface area (TPSA) is 122 Å². The second-order valence-corrected chi connectivity index (χ2v) is 12.9. The lowest BCUT2D eigenvalue weighted by Gasteiger charge is -2.36. The number of thiazole rings is 1. The van der Waals surface area contributed by atoms with Gasteiger partial charge in [-0.15, -0.1) is 11.3 Å². The zero-order valence-electron chi connectivity index (χ0n) is 22.5. The number of epoxide rings is 2. The van der Waals surface area contributed by atoms with E-state index in [-0.39, 0.29) is 35.9 Å². The summed E-state index contributed by atoms with van der Waals surface area (Å²) in [6.45, 7) is 9.82. The highest BCUT2D eigenvalue weighted by Crippen LogP contribution is 2.44. The summed E-state index contributed by atoms with van der Waals surface area (Å²) in [6, 6.07) is 0. The van der Waals surface area contributed by atoms with Crippen LogP contribution in [0, 0.1) is 24.2 Å². The predicted octanol–water partition coefficient (Wildman–Crippen LogP) is 3.86. The summed E-state index contributed by atoms with van der Waals surface area (Å²) in [4.78, 5) is 31.0. The summed E-state index contributed by atoms with van der Waals surface area (Å²) in [7, 11) is 0. The normalized spacial score (nSPS) is 39.3. The minimum atomic E-state index is -1.25. The molecule has 206 valence electrons. The van der Waals surface area contributed by atoms with Crippen molar-refractivity contribution in [2.45, 2.75) is 109 Å². The molecule has 0 radical (unpaired) electrons. The summed E-state index contributed by atoms with van der Waals surface area (Å²) in [5.74, 6) is -1.60. The van der Waals surface area contributed by atoms with Crippen LogP contribution >= 0.6 is 11.3 Å². The largest absolute Gasteiger partial charge is 0.458 e. The standard InChI is InChI=1S/C28H41NO7S/c1-16-7-6-10-28(5)23(36-28)12-19(9-8-18-15-37-17(2)29-18)35-24(31)13-22(30)27(3,4)26(33)21(25(16)32)11-20-14-34-20/h8-9,15-16,19-23,25,30,32H,6-7,10-14H2,1-5H3. The van der Waals surface area contributed by atoms with Crippen LogP contribution < -0.4 is 0 Å². The van der Waals surface area contributed by atoms with Crippen LogP contribution in [0.1, 0.15) is 76.9 Å². The van der Waals surface area contributed by atoms with E-state index in [2.05, 4.69) is 11.9 Å². The molecule has 0 aromatic carbocycles. The number of nitrogens with zero attached hydrogens (tertiary/aromatic N) is 1. The lowest BCUT2D eigenvalue weighted by molar-refractivity contribution is -0.154. The van der Waals surface area contributed by atoms with E-state index >= 15 is 0 Å². The molecular formula is C28H41NO7S. The van der Waals surface area contributed by atoms with Crippen LogP contribution in [0.4, 0.5) is 0 Å². The Morgan fingerprint density at radius 1 is 1.24 bits per heavy atom. The second kappa shape index (κ2) is 11.2. The first-order valence-corrected chi connectivity index (χ1v) is 14.3. The van der Waals surface area contributed by atoms with Gasteiger partial charge in [-0.05, 0) is 51.2 Å². The number of carbonyl (C=O) groups is 2. The molecule has 0 saturated carbocycles. The maximum Gasteiger partial charge on any atom is 0.309 e. The highest BCUT2D eigenvalue weighted by molar-refractivity contribution is 7.09. The summed E-state index contributed by atoms with van der Waals surface area (Å²) in [5, 5.41) is 25.1. The Balaban J connectivity index is 1.55. The van der Waals surface area contributed by atoms with Gasteiger partial charge in [0.15, 0.2) is 0 Å². The summed E-state index contributed by atoms with van der Waals surface area (Å²) < 4.78 is 17.2. The van der Waals surface area contributed by atoms with Crippen LogP contribution in [0.2, 0.25) is 0 Å². The number of aromatic nitrogens is 1. The Kier molecular flexibility index (Phi) is 8.60. The average molecular weight is 536 g/mol. The quantitative estimate of drug-likeness (QED) is 0.440. The molecule has 3 fully saturated rings. The summed E-state index contributed by atoms with van der Waals surface area (Å²) in [5.41, 5.74) is -0.747. The molecule has 0 spiro atoms. The van der Waals surface area contributed by atoms with Crippen LogP contribution in [0.3, 0.4) is 0 Å². The minimum Gasteiger partial charge on any atom is -0.458 e. The number of esters is 1. The summed E-state index contributed by atoms with van der Waals surface area (Å²) >= 11 is 1.55. The number of aryl methyl sites for hydroxylation is 1. The van der Waals surface area contributed by atoms with Gasteiger partial charge in [0.1, 0.15) is 11.9 Å². The number of cyclic esters (lactones) is 1. The molecule has 8 nitrogen and oxygen atoms in total. The highest BCUT2D eigenvalue weighted by atomic mass is 32.1. The maximum absolute atomic E-state index is 13.7. The summed E-state index contributed by atoms with van der Waals surface area (Å²) in [6.07, 6.45) is 3.94. The number of fused-ring (bicyclic) bond motifs is 1. The van der Waals surface area contributed by atoms with Crippen LogP contribution in [-0.4, -0.2) is 69.7 Å². The zero-order valence-corrected chi connectivity index (χ0v) is 23.3. The van der Waals surface area contributed by atoms with Gasteiger partial charge in [-0.1, -0.05) is 27.2 Å². The molecule has 1 aromatic heterocycles. The van der Waals surface area contributed by atoms with Gasteiger partial charge in [-0.3, -0.25) is 9.59 Å². The van der Waals surface area contributed by atoms with Gasteiger partial charge < -0.3 is 24.4 Å². The monoisotopic (exact) mass is 535 g/mol. The van der Waals surface area contributed by atoms with E-state index in [1.54, 1.807) is 25.2 Å². The number of aliphatic hydroxyl groups excluding tert-OH is 2. The highest BCUT2D eigenvalue weighted by Gasteiger charge is 2.53. The first-order chi connectivity index (χ1) is 17.4. The average Bonchev–Trinajstić information content (AvgIpc) is 3.72. The lowest BCUT2D eigenvalue weighted by atomic mass is 9.71. The predicted molar refractivity (Wildman–Crippen MR) is 140 cm³/mol. The van der Waals surface area contributed by atoms with Crippen LogP contribution in [0.5, 0.6) is 0 Å². The molecule has 0 bridgehead atoms.